The number of ether oxygens (including phenoxy) is 1. The quantitative estimate of drug-likeness (QED) is 0.372. The summed E-state index contributed by atoms with van der Waals surface area (Å²) in [7, 11) is 0. The van der Waals surface area contributed by atoms with Gasteiger partial charge in [0, 0.05) is 30.5 Å². The first-order valence-corrected chi connectivity index (χ1v) is 12.4. The highest BCUT2D eigenvalue weighted by Crippen LogP contribution is 2.31. The number of para-hydroxylation sites is 1. The Kier molecular flexibility index (Phi) is 6.35. The van der Waals surface area contributed by atoms with Gasteiger partial charge in [-0.2, -0.15) is 4.98 Å². The van der Waals surface area contributed by atoms with Gasteiger partial charge in [0.2, 0.25) is 11.9 Å². The zero-order valence-corrected chi connectivity index (χ0v) is 20.0. The molecule has 2 fully saturated rings. The first kappa shape index (κ1) is 22.7. The number of nitrogens with one attached hydrogen (secondary N) is 3. The minimum absolute atomic E-state index is 0.195. The topological polar surface area (TPSA) is 92.2 Å². The van der Waals surface area contributed by atoms with E-state index in [1.54, 1.807) is 24.4 Å². The number of morpholine rings is 1. The van der Waals surface area contributed by atoms with Gasteiger partial charge in [-0.15, -0.1) is 0 Å². The average Bonchev–Trinajstić information content (AvgIpc) is 3.28. The Morgan fingerprint density at radius 1 is 0.944 bits per heavy atom. The molecule has 2 aromatic heterocycles. The van der Waals surface area contributed by atoms with E-state index in [0.29, 0.717) is 23.1 Å². The second-order valence-corrected chi connectivity index (χ2v) is 9.07. The summed E-state index contributed by atoms with van der Waals surface area (Å²) >= 11 is 0. The Morgan fingerprint density at radius 2 is 1.72 bits per heavy atom. The Hall–Kier alpha value is -3.76. The summed E-state index contributed by atoms with van der Waals surface area (Å²) in [5.41, 5.74) is 3.86. The van der Waals surface area contributed by atoms with Crippen LogP contribution in [-0.2, 0) is 4.74 Å². The molecule has 0 saturated carbocycles. The summed E-state index contributed by atoms with van der Waals surface area (Å²) in [6.45, 7) is 5.13. The maximum atomic E-state index is 14.4. The van der Waals surface area contributed by atoms with Crippen LogP contribution in [0.3, 0.4) is 0 Å². The summed E-state index contributed by atoms with van der Waals surface area (Å²) in [6, 6.07) is 15.1. The number of imidazole rings is 1. The van der Waals surface area contributed by atoms with Crippen LogP contribution in [0.5, 0.6) is 0 Å². The molecule has 3 N–H and O–H groups in total. The van der Waals surface area contributed by atoms with Gasteiger partial charge < -0.3 is 25.6 Å². The van der Waals surface area contributed by atoms with Crippen LogP contribution >= 0.6 is 0 Å². The molecule has 0 amide bonds. The summed E-state index contributed by atoms with van der Waals surface area (Å²) in [5.74, 6) is 0.743. The lowest BCUT2D eigenvalue weighted by atomic mass is 10.1. The number of fused-ring (bicyclic) bond motifs is 1. The number of nitrogens with zero attached hydrogens (tertiary/aromatic N) is 5. The molecular formula is C26H29FN8O. The van der Waals surface area contributed by atoms with Crippen molar-refractivity contribution in [2.45, 2.75) is 18.9 Å². The van der Waals surface area contributed by atoms with Crippen molar-refractivity contribution in [2.24, 2.45) is 0 Å². The van der Waals surface area contributed by atoms with E-state index < -0.39 is 0 Å². The number of anilines is 5. The lowest BCUT2D eigenvalue weighted by Gasteiger charge is -2.28. The monoisotopic (exact) mass is 488 g/mol. The number of benzene rings is 2. The molecule has 10 heteroatoms. The van der Waals surface area contributed by atoms with Crippen LogP contribution in [0.15, 0.2) is 54.7 Å². The number of aromatic nitrogens is 4. The normalized spacial score (nSPS) is 16.9. The number of hydrogen-bond donors (Lipinski definition) is 3. The molecule has 0 radical (unpaired) electrons. The SMILES string of the molecule is Fc1ccccc1Nc1nc2cnc(Nc3ccc(N4CCOCC4)cc3)nc2n1C1CCNCC1. The zero-order chi connectivity index (χ0) is 24.3. The van der Waals surface area contributed by atoms with Gasteiger partial charge in [-0.3, -0.25) is 4.57 Å². The molecule has 2 aromatic carbocycles. The molecule has 36 heavy (non-hydrogen) atoms. The Labute approximate surface area is 208 Å². The van der Waals surface area contributed by atoms with Crippen molar-refractivity contribution in [3.63, 3.8) is 0 Å². The van der Waals surface area contributed by atoms with E-state index in [1.165, 1.54) is 11.8 Å². The van der Waals surface area contributed by atoms with Crippen molar-refractivity contribution in [1.29, 1.82) is 0 Å². The summed E-state index contributed by atoms with van der Waals surface area (Å²) in [4.78, 5) is 16.4. The maximum absolute atomic E-state index is 14.4. The third-order valence-corrected chi connectivity index (χ3v) is 6.73. The van der Waals surface area contributed by atoms with Gasteiger partial charge in [-0.1, -0.05) is 12.1 Å². The molecule has 9 nitrogen and oxygen atoms in total. The molecule has 2 aliphatic heterocycles. The van der Waals surface area contributed by atoms with Gasteiger partial charge in [-0.25, -0.2) is 14.4 Å². The molecule has 6 rings (SSSR count). The van der Waals surface area contributed by atoms with Crippen molar-refractivity contribution in [3.05, 3.63) is 60.5 Å². The predicted molar refractivity (Wildman–Crippen MR) is 139 cm³/mol. The minimum atomic E-state index is -0.324. The van der Waals surface area contributed by atoms with E-state index >= 15 is 0 Å². The van der Waals surface area contributed by atoms with Crippen molar-refractivity contribution in [2.75, 3.05) is 54.9 Å². The van der Waals surface area contributed by atoms with Gasteiger partial charge in [0.05, 0.1) is 25.1 Å². The third-order valence-electron chi connectivity index (χ3n) is 6.73. The largest absolute Gasteiger partial charge is 0.378 e. The predicted octanol–water partition coefficient (Wildman–Crippen LogP) is 4.21. The maximum Gasteiger partial charge on any atom is 0.229 e. The lowest BCUT2D eigenvalue weighted by molar-refractivity contribution is 0.122. The van der Waals surface area contributed by atoms with Gasteiger partial charge in [0.25, 0.3) is 0 Å². The Bertz CT molecular complexity index is 1330. The fraction of sp³-hybridized carbons (Fsp3) is 0.346. The highest BCUT2D eigenvalue weighted by Gasteiger charge is 2.23. The van der Waals surface area contributed by atoms with E-state index in [0.717, 1.165) is 63.6 Å². The van der Waals surface area contributed by atoms with E-state index in [9.17, 15) is 4.39 Å². The Balaban J connectivity index is 1.30. The van der Waals surface area contributed by atoms with Crippen LogP contribution in [0.4, 0.5) is 33.3 Å². The van der Waals surface area contributed by atoms with Crippen molar-refractivity contribution >= 4 is 40.1 Å². The molecule has 2 aliphatic rings. The number of piperidine rings is 1. The molecular weight excluding hydrogens is 459 g/mol. The van der Waals surface area contributed by atoms with Crippen LogP contribution in [-0.4, -0.2) is 58.9 Å². The fourth-order valence-corrected chi connectivity index (χ4v) is 4.84. The molecule has 0 atom stereocenters. The summed E-state index contributed by atoms with van der Waals surface area (Å²) in [5, 5.41) is 9.92. The van der Waals surface area contributed by atoms with Crippen LogP contribution in [0.2, 0.25) is 0 Å². The van der Waals surface area contributed by atoms with Crippen LogP contribution in [0.25, 0.3) is 11.2 Å². The van der Waals surface area contributed by atoms with Crippen molar-refractivity contribution < 1.29 is 9.13 Å². The smallest absolute Gasteiger partial charge is 0.229 e. The van der Waals surface area contributed by atoms with Crippen LogP contribution < -0.4 is 20.9 Å². The second kappa shape index (κ2) is 10.1. The molecule has 0 bridgehead atoms. The highest BCUT2D eigenvalue weighted by molar-refractivity contribution is 5.77. The minimum Gasteiger partial charge on any atom is -0.378 e. The molecule has 0 unspecified atom stereocenters. The fourth-order valence-electron chi connectivity index (χ4n) is 4.84. The van der Waals surface area contributed by atoms with Crippen LogP contribution in [0, 0.1) is 5.82 Å². The van der Waals surface area contributed by atoms with Crippen molar-refractivity contribution in [3.8, 4) is 0 Å². The number of halogens is 1. The summed E-state index contributed by atoms with van der Waals surface area (Å²) in [6.07, 6.45) is 3.59. The third kappa shape index (κ3) is 4.69. The van der Waals surface area contributed by atoms with Gasteiger partial charge in [0.1, 0.15) is 11.3 Å². The van der Waals surface area contributed by atoms with E-state index in [2.05, 4.69) is 42.5 Å². The average molecular weight is 489 g/mol. The van der Waals surface area contributed by atoms with Crippen molar-refractivity contribution in [1.82, 2.24) is 24.8 Å². The van der Waals surface area contributed by atoms with E-state index in [1.807, 2.05) is 12.1 Å². The first-order valence-electron chi connectivity index (χ1n) is 12.4. The number of hydrogen-bond acceptors (Lipinski definition) is 8. The molecule has 0 aliphatic carbocycles. The number of rotatable bonds is 6. The van der Waals surface area contributed by atoms with Crippen LogP contribution in [0.1, 0.15) is 18.9 Å². The van der Waals surface area contributed by atoms with Gasteiger partial charge in [0.15, 0.2) is 5.65 Å². The molecule has 4 aromatic rings. The summed E-state index contributed by atoms with van der Waals surface area (Å²) < 4.78 is 21.9. The first-order chi connectivity index (χ1) is 17.7. The molecule has 0 spiro atoms. The standard InChI is InChI=1S/C26H29FN8O/c27-21-3-1-2-4-22(21)31-26-32-23-17-29-25(33-24(23)35(26)20-9-11-28-12-10-20)30-18-5-7-19(8-6-18)34-13-15-36-16-14-34/h1-8,17,20,28H,9-16H2,(H,31,32)(H,29,30,33). The zero-order valence-electron chi connectivity index (χ0n) is 20.0. The molecule has 4 heterocycles. The van der Waals surface area contributed by atoms with Gasteiger partial charge >= 0.3 is 0 Å². The molecule has 186 valence electrons. The lowest BCUT2D eigenvalue weighted by Crippen LogP contribution is -2.36. The second-order valence-electron chi connectivity index (χ2n) is 9.07. The van der Waals surface area contributed by atoms with Gasteiger partial charge in [-0.05, 0) is 62.3 Å². The van der Waals surface area contributed by atoms with E-state index in [4.69, 9.17) is 14.7 Å². The molecule has 2 saturated heterocycles. The Morgan fingerprint density at radius 3 is 2.50 bits per heavy atom. The highest BCUT2D eigenvalue weighted by atomic mass is 19.1. The van der Waals surface area contributed by atoms with E-state index in [-0.39, 0.29) is 11.9 Å².